The Morgan fingerprint density at radius 1 is 1.17 bits per heavy atom. The Morgan fingerprint density at radius 2 is 1.95 bits per heavy atom. The lowest BCUT2D eigenvalue weighted by atomic mass is 9.95. The Morgan fingerprint density at radius 3 is 2.63 bits per heavy atom. The molecule has 10 heteroatoms. The van der Waals surface area contributed by atoms with E-state index in [4.69, 9.17) is 18.9 Å². The lowest BCUT2D eigenvalue weighted by molar-refractivity contribution is -0.140. The molecule has 2 heterocycles. The second-order valence-electron chi connectivity index (χ2n) is 9.74. The molecule has 1 aliphatic heterocycles. The topological polar surface area (TPSA) is 109 Å². The lowest BCUT2D eigenvalue weighted by Gasteiger charge is -2.25. The van der Waals surface area contributed by atoms with Crippen molar-refractivity contribution in [1.82, 2.24) is 4.57 Å². The fourth-order valence-electron chi connectivity index (χ4n) is 4.38. The van der Waals surface area contributed by atoms with Crippen molar-refractivity contribution in [2.24, 2.45) is 10.9 Å². The Balaban J connectivity index is 1.90. The van der Waals surface area contributed by atoms with Gasteiger partial charge in [-0.2, -0.15) is 0 Å². The summed E-state index contributed by atoms with van der Waals surface area (Å²) < 4.78 is 24.3. The third-order valence-corrected chi connectivity index (χ3v) is 7.21. The van der Waals surface area contributed by atoms with Crippen LogP contribution in [0, 0.1) is 5.92 Å². The minimum absolute atomic E-state index is 0.0140. The number of fused-ring (bicyclic) bond motifs is 1. The van der Waals surface area contributed by atoms with Gasteiger partial charge in [-0.1, -0.05) is 50.0 Å². The molecule has 0 radical (unpaired) electrons. The number of benzene rings is 2. The highest BCUT2D eigenvalue weighted by Gasteiger charge is 2.34. The fraction of sp³-hybridized carbons (Fsp3) is 0.323. The van der Waals surface area contributed by atoms with Gasteiger partial charge in [0.2, 0.25) is 0 Å². The van der Waals surface area contributed by atoms with Gasteiger partial charge in [0.05, 0.1) is 42.2 Å². The van der Waals surface area contributed by atoms with E-state index in [9.17, 15) is 14.7 Å². The fourth-order valence-corrected chi connectivity index (χ4v) is 5.43. The van der Waals surface area contributed by atoms with E-state index in [0.717, 1.165) is 0 Å². The van der Waals surface area contributed by atoms with Crippen LogP contribution in [0.3, 0.4) is 0 Å². The highest BCUT2D eigenvalue weighted by atomic mass is 32.1. The van der Waals surface area contributed by atoms with Gasteiger partial charge in [0.1, 0.15) is 6.61 Å². The van der Waals surface area contributed by atoms with E-state index in [-0.39, 0.29) is 29.4 Å². The van der Waals surface area contributed by atoms with Crippen LogP contribution in [0.5, 0.6) is 23.0 Å². The van der Waals surface area contributed by atoms with Crippen LogP contribution in [0.4, 0.5) is 0 Å². The molecular formula is C31H34N2O7S. The van der Waals surface area contributed by atoms with E-state index in [0.29, 0.717) is 56.6 Å². The largest absolute Gasteiger partial charge is 0.504 e. The molecule has 4 rings (SSSR count). The smallest absolute Gasteiger partial charge is 0.338 e. The first kappa shape index (κ1) is 29.7. The van der Waals surface area contributed by atoms with Gasteiger partial charge < -0.3 is 24.1 Å². The molecule has 0 bridgehead atoms. The van der Waals surface area contributed by atoms with Gasteiger partial charge in [-0.15, -0.1) is 0 Å². The molecule has 1 unspecified atom stereocenters. The van der Waals surface area contributed by atoms with Gasteiger partial charge in [0, 0.05) is 0 Å². The number of aromatic hydroxyl groups is 1. The molecule has 1 aliphatic rings. The van der Waals surface area contributed by atoms with Gasteiger partial charge in [0.25, 0.3) is 5.56 Å². The van der Waals surface area contributed by atoms with Crippen LogP contribution in [0.1, 0.15) is 44.9 Å². The van der Waals surface area contributed by atoms with Crippen LogP contribution >= 0.6 is 11.3 Å². The molecule has 0 saturated heterocycles. The number of esters is 1. The number of thiazole rings is 1. The van der Waals surface area contributed by atoms with Crippen molar-refractivity contribution in [2.45, 2.75) is 33.7 Å². The number of carbonyl (C=O) groups excluding carboxylic acids is 1. The third-order valence-electron chi connectivity index (χ3n) is 6.23. The van der Waals surface area contributed by atoms with Crippen molar-refractivity contribution in [3.8, 4) is 23.0 Å². The number of hydrogen-bond acceptors (Lipinski definition) is 9. The molecule has 9 nitrogen and oxygen atoms in total. The molecule has 2 aromatic carbocycles. The zero-order valence-electron chi connectivity index (χ0n) is 23.8. The molecule has 216 valence electrons. The molecule has 0 saturated carbocycles. The van der Waals surface area contributed by atoms with Crippen LogP contribution in [-0.2, 0) is 9.53 Å². The maximum Gasteiger partial charge on any atom is 0.338 e. The first-order chi connectivity index (χ1) is 19.7. The summed E-state index contributed by atoms with van der Waals surface area (Å²) in [4.78, 5) is 32.5. The van der Waals surface area contributed by atoms with E-state index in [2.05, 4.69) is 11.6 Å². The van der Waals surface area contributed by atoms with Crippen LogP contribution < -0.4 is 29.1 Å². The van der Waals surface area contributed by atoms with Gasteiger partial charge in [-0.3, -0.25) is 9.36 Å². The summed E-state index contributed by atoms with van der Waals surface area (Å²) in [6.07, 6.45) is 3.34. The average Bonchev–Trinajstić information content (AvgIpc) is 3.25. The quantitative estimate of drug-likeness (QED) is 0.269. The first-order valence-electron chi connectivity index (χ1n) is 13.3. The van der Waals surface area contributed by atoms with Crippen molar-refractivity contribution in [1.29, 1.82) is 0 Å². The highest BCUT2D eigenvalue weighted by Crippen LogP contribution is 2.36. The SMILES string of the molecule is C=CCOc1ccc(C2C(C(=O)OCC(C)C)=C(C)N=c3sc(=Cc4ccc(O)c(OCC)c4)c(=O)n32)cc1OC. The van der Waals surface area contributed by atoms with Crippen LogP contribution in [-0.4, -0.2) is 42.6 Å². The molecule has 0 aliphatic carbocycles. The van der Waals surface area contributed by atoms with Crippen LogP contribution in [0.25, 0.3) is 6.08 Å². The zero-order valence-corrected chi connectivity index (χ0v) is 24.6. The molecule has 1 atom stereocenters. The summed E-state index contributed by atoms with van der Waals surface area (Å²) in [6.45, 7) is 12.1. The van der Waals surface area contributed by atoms with Crippen molar-refractivity contribution < 1.29 is 28.8 Å². The van der Waals surface area contributed by atoms with Crippen molar-refractivity contribution in [3.63, 3.8) is 0 Å². The van der Waals surface area contributed by atoms with E-state index in [1.54, 1.807) is 49.4 Å². The van der Waals surface area contributed by atoms with Crippen molar-refractivity contribution >= 4 is 23.4 Å². The Hall–Kier alpha value is -4.31. The second kappa shape index (κ2) is 12.9. The molecule has 0 amide bonds. The number of ether oxygens (including phenoxy) is 4. The summed E-state index contributed by atoms with van der Waals surface area (Å²) in [5.74, 6) is 0.885. The number of carbonyl (C=O) groups is 1. The first-order valence-corrected chi connectivity index (χ1v) is 14.1. The standard InChI is InChI=1S/C31H34N2O7S/c1-7-13-39-23-12-10-21(16-25(23)37-6)28-27(30(36)40-17-18(3)4)19(5)32-31-33(28)29(35)26(41-31)15-20-9-11-22(34)24(14-20)38-8-2/h7,9-12,14-16,18,28,34H,1,8,13,17H2,2-6H3. The number of rotatable bonds is 11. The Bertz CT molecular complexity index is 1670. The van der Waals surface area contributed by atoms with E-state index in [1.165, 1.54) is 29.1 Å². The summed E-state index contributed by atoms with van der Waals surface area (Å²) in [7, 11) is 1.53. The molecule has 1 N–H and O–H groups in total. The maximum absolute atomic E-state index is 13.9. The van der Waals surface area contributed by atoms with Gasteiger partial charge in [-0.05, 0) is 61.2 Å². The van der Waals surface area contributed by atoms with Gasteiger partial charge in [-0.25, -0.2) is 9.79 Å². The molecular weight excluding hydrogens is 544 g/mol. The minimum Gasteiger partial charge on any atom is -0.504 e. The molecule has 1 aromatic heterocycles. The van der Waals surface area contributed by atoms with E-state index < -0.39 is 12.0 Å². The highest BCUT2D eigenvalue weighted by molar-refractivity contribution is 7.07. The Kier molecular flexibility index (Phi) is 9.34. The summed E-state index contributed by atoms with van der Waals surface area (Å²) in [5, 5.41) is 10.1. The third kappa shape index (κ3) is 6.38. The molecule has 3 aromatic rings. The number of phenolic OH excluding ortho intramolecular Hbond substituents is 1. The zero-order chi connectivity index (χ0) is 29.7. The summed E-state index contributed by atoms with van der Waals surface area (Å²) in [5.41, 5.74) is 1.72. The average molecular weight is 579 g/mol. The summed E-state index contributed by atoms with van der Waals surface area (Å²) in [6, 6.07) is 9.36. The minimum atomic E-state index is -0.811. The van der Waals surface area contributed by atoms with Gasteiger partial charge in [0.15, 0.2) is 27.8 Å². The molecule has 0 spiro atoms. The number of phenols is 1. The van der Waals surface area contributed by atoms with E-state index >= 15 is 0 Å². The normalized spacial score (nSPS) is 14.9. The monoisotopic (exact) mass is 578 g/mol. The number of hydrogen-bond donors (Lipinski definition) is 1. The number of nitrogens with zero attached hydrogens (tertiary/aromatic N) is 2. The molecule has 0 fully saturated rings. The Labute approximate surface area is 242 Å². The number of methoxy groups -OCH3 is 1. The predicted molar refractivity (Wildman–Crippen MR) is 158 cm³/mol. The van der Waals surface area contributed by atoms with Crippen LogP contribution in [0.15, 0.2) is 70.1 Å². The van der Waals surface area contributed by atoms with E-state index in [1.807, 2.05) is 20.8 Å². The van der Waals surface area contributed by atoms with Crippen molar-refractivity contribution in [3.05, 3.63) is 91.1 Å². The summed E-state index contributed by atoms with van der Waals surface area (Å²) >= 11 is 1.21. The predicted octanol–water partition coefficient (Wildman–Crippen LogP) is 4.11. The number of aromatic nitrogens is 1. The van der Waals surface area contributed by atoms with Crippen LogP contribution in [0.2, 0.25) is 0 Å². The maximum atomic E-state index is 13.9. The van der Waals surface area contributed by atoms with Gasteiger partial charge >= 0.3 is 5.97 Å². The second-order valence-corrected chi connectivity index (χ2v) is 10.8. The molecule has 41 heavy (non-hydrogen) atoms. The van der Waals surface area contributed by atoms with Crippen molar-refractivity contribution in [2.75, 3.05) is 26.9 Å². The number of allylic oxidation sites excluding steroid dienone is 1. The lowest BCUT2D eigenvalue weighted by Crippen LogP contribution is -2.40.